The van der Waals surface area contributed by atoms with Gasteiger partial charge in [0.1, 0.15) is 10.8 Å². The van der Waals surface area contributed by atoms with Crippen LogP contribution in [0.2, 0.25) is 0 Å². The molecule has 0 aliphatic heterocycles. The predicted molar refractivity (Wildman–Crippen MR) is 43.5 cm³/mol. The molecule has 0 unspecified atom stereocenters. The Kier molecular flexibility index (Phi) is 3.04. The molecule has 1 aromatic heterocycles. The van der Waals surface area contributed by atoms with Crippen LogP contribution in [0.25, 0.3) is 0 Å². The molecule has 1 rings (SSSR count). The third-order valence-electron chi connectivity index (χ3n) is 1.40. The van der Waals surface area contributed by atoms with Crippen molar-refractivity contribution < 1.29 is 18.1 Å². The van der Waals surface area contributed by atoms with Crippen molar-refractivity contribution in [1.29, 1.82) is 0 Å². The Labute approximate surface area is 84.0 Å². The molecule has 0 spiro atoms. The summed E-state index contributed by atoms with van der Waals surface area (Å²) in [6.45, 7) is 0. The topological polar surface area (TPSA) is 56.0 Å². The van der Waals surface area contributed by atoms with Gasteiger partial charge in [-0.1, -0.05) is 0 Å². The van der Waals surface area contributed by atoms with E-state index in [0.29, 0.717) is 6.20 Å². The van der Waals surface area contributed by atoms with Gasteiger partial charge in [-0.15, -0.1) is 0 Å². The van der Waals surface area contributed by atoms with Crippen LogP contribution in [0.4, 0.5) is 18.9 Å². The molecule has 1 heterocycles. The fourth-order valence-electron chi connectivity index (χ4n) is 0.786. The van der Waals surface area contributed by atoms with Crippen molar-refractivity contribution in [3.63, 3.8) is 0 Å². The second-order valence-corrected chi connectivity index (χ2v) is 2.97. The van der Waals surface area contributed by atoms with Gasteiger partial charge < -0.3 is 0 Å². The van der Waals surface area contributed by atoms with Gasteiger partial charge in [-0.25, -0.2) is 13.8 Å². The molecule has 0 radical (unpaired) electrons. The number of nitro groups is 1. The van der Waals surface area contributed by atoms with Crippen LogP contribution >= 0.6 is 15.9 Å². The third kappa shape index (κ3) is 1.84. The Morgan fingerprint density at radius 2 is 2.14 bits per heavy atom. The van der Waals surface area contributed by atoms with Crippen LogP contribution in [0, 0.1) is 15.9 Å². The average molecular weight is 271 g/mol. The van der Waals surface area contributed by atoms with Crippen LogP contribution in [0.1, 0.15) is 12.0 Å². The molecule has 0 aliphatic carbocycles. The van der Waals surface area contributed by atoms with Gasteiger partial charge in [-0.3, -0.25) is 10.1 Å². The van der Waals surface area contributed by atoms with Crippen LogP contribution in [0.15, 0.2) is 10.8 Å². The summed E-state index contributed by atoms with van der Waals surface area (Å²) in [5.41, 5.74) is -2.16. The molecule has 0 saturated carbocycles. The van der Waals surface area contributed by atoms with Gasteiger partial charge in [0.05, 0.1) is 10.5 Å². The average Bonchev–Trinajstić information content (AvgIpc) is 2.02. The fourth-order valence-corrected chi connectivity index (χ4v) is 1.24. The summed E-state index contributed by atoms with van der Waals surface area (Å²) in [6, 6.07) is 0. The molecule has 1 aromatic rings. The molecule has 14 heavy (non-hydrogen) atoms. The lowest BCUT2D eigenvalue weighted by atomic mass is 10.2. The molecule has 4 nitrogen and oxygen atoms in total. The molecule has 0 N–H and O–H groups in total. The van der Waals surface area contributed by atoms with Gasteiger partial charge in [-0.05, 0) is 15.9 Å². The number of hydrogen-bond donors (Lipinski definition) is 0. The molecule has 8 heteroatoms. The van der Waals surface area contributed by atoms with E-state index in [2.05, 4.69) is 20.9 Å². The highest BCUT2D eigenvalue weighted by molar-refractivity contribution is 9.10. The highest BCUT2D eigenvalue weighted by atomic mass is 79.9. The first-order valence-electron chi connectivity index (χ1n) is 3.21. The van der Waals surface area contributed by atoms with E-state index in [-0.39, 0.29) is 0 Å². The molecule has 0 atom stereocenters. The molecule has 0 fully saturated rings. The Bertz CT molecular complexity index is 386. The predicted octanol–water partition coefficient (Wildman–Crippen LogP) is 2.83. The largest absolute Gasteiger partial charge is 0.323 e. The summed E-state index contributed by atoms with van der Waals surface area (Å²) in [6.07, 6.45) is -2.58. The maximum Gasteiger partial charge on any atom is 0.323 e. The number of aromatic nitrogens is 1. The molecule has 0 aliphatic rings. The lowest BCUT2D eigenvalue weighted by molar-refractivity contribution is -0.388. The monoisotopic (exact) mass is 270 g/mol. The van der Waals surface area contributed by atoms with E-state index in [4.69, 9.17) is 0 Å². The maximum atomic E-state index is 13.0. The second-order valence-electron chi connectivity index (χ2n) is 2.22. The zero-order chi connectivity index (χ0) is 10.9. The van der Waals surface area contributed by atoms with Gasteiger partial charge >= 0.3 is 5.69 Å². The van der Waals surface area contributed by atoms with Crippen molar-refractivity contribution in [3.05, 3.63) is 32.3 Å². The van der Waals surface area contributed by atoms with E-state index in [1.54, 1.807) is 0 Å². The maximum absolute atomic E-state index is 13.0. The SMILES string of the molecule is O=[N+]([O-])c1cnc(Br)c(C(F)F)c1F. The van der Waals surface area contributed by atoms with E-state index < -0.39 is 33.0 Å². The van der Waals surface area contributed by atoms with Crippen LogP contribution < -0.4 is 0 Å². The van der Waals surface area contributed by atoms with Gasteiger partial charge in [0.2, 0.25) is 5.82 Å². The first-order chi connectivity index (χ1) is 6.45. The number of alkyl halides is 2. The van der Waals surface area contributed by atoms with Crippen LogP contribution in [0.5, 0.6) is 0 Å². The van der Waals surface area contributed by atoms with Crippen molar-refractivity contribution >= 4 is 21.6 Å². The summed E-state index contributed by atoms with van der Waals surface area (Å²) in [5, 5.41) is 10.2. The number of pyridine rings is 1. The smallest absolute Gasteiger partial charge is 0.258 e. The minimum absolute atomic E-state index is 0.435. The quantitative estimate of drug-likeness (QED) is 0.472. The zero-order valence-corrected chi connectivity index (χ0v) is 7.96. The number of hydrogen-bond acceptors (Lipinski definition) is 3. The van der Waals surface area contributed by atoms with Crippen molar-refractivity contribution in [2.75, 3.05) is 0 Å². The zero-order valence-electron chi connectivity index (χ0n) is 6.38. The Hall–Kier alpha value is -1.18. The summed E-state index contributed by atoms with van der Waals surface area (Å²) in [4.78, 5) is 12.3. The fraction of sp³-hybridized carbons (Fsp3) is 0.167. The lowest BCUT2D eigenvalue weighted by Gasteiger charge is -2.03. The van der Waals surface area contributed by atoms with Crippen LogP contribution in [-0.4, -0.2) is 9.91 Å². The summed E-state index contributed by atoms with van der Waals surface area (Å²) < 4.78 is 37.0. The molecule has 0 saturated heterocycles. The summed E-state index contributed by atoms with van der Waals surface area (Å²) in [5.74, 6) is -1.56. The number of halogens is 4. The van der Waals surface area contributed by atoms with Crippen molar-refractivity contribution in [2.45, 2.75) is 6.43 Å². The minimum Gasteiger partial charge on any atom is -0.258 e. The first kappa shape index (κ1) is 10.9. The highest BCUT2D eigenvalue weighted by Crippen LogP contribution is 2.32. The van der Waals surface area contributed by atoms with E-state index in [0.717, 1.165) is 0 Å². The van der Waals surface area contributed by atoms with E-state index >= 15 is 0 Å². The van der Waals surface area contributed by atoms with E-state index in [1.807, 2.05) is 0 Å². The van der Waals surface area contributed by atoms with Gasteiger partial charge in [0.25, 0.3) is 6.43 Å². The van der Waals surface area contributed by atoms with Crippen LogP contribution in [-0.2, 0) is 0 Å². The standard InChI is InChI=1S/C6H2BrF3N2O2/c7-5-3(6(9)10)4(8)2(1-11-5)12(13)14/h1,6H. The molecular weight excluding hydrogens is 269 g/mol. The molecule has 76 valence electrons. The third-order valence-corrected chi connectivity index (χ3v) is 2.03. The lowest BCUT2D eigenvalue weighted by Crippen LogP contribution is -2.01. The molecule has 0 amide bonds. The Morgan fingerprint density at radius 3 is 2.57 bits per heavy atom. The van der Waals surface area contributed by atoms with Gasteiger partial charge in [0, 0.05) is 0 Å². The first-order valence-corrected chi connectivity index (χ1v) is 4.01. The van der Waals surface area contributed by atoms with E-state index in [9.17, 15) is 23.3 Å². The van der Waals surface area contributed by atoms with Gasteiger partial charge in [0.15, 0.2) is 0 Å². The molecule has 0 aromatic carbocycles. The van der Waals surface area contributed by atoms with Crippen molar-refractivity contribution in [3.8, 4) is 0 Å². The Morgan fingerprint density at radius 1 is 1.57 bits per heavy atom. The normalized spacial score (nSPS) is 10.6. The van der Waals surface area contributed by atoms with Crippen LogP contribution in [0.3, 0.4) is 0 Å². The second kappa shape index (κ2) is 3.91. The number of nitrogens with zero attached hydrogens (tertiary/aromatic N) is 2. The Balaban J connectivity index is 3.41. The molecular formula is C6H2BrF3N2O2. The number of rotatable bonds is 2. The summed E-state index contributed by atoms with van der Waals surface area (Å²) >= 11 is 2.58. The van der Waals surface area contributed by atoms with Gasteiger partial charge in [-0.2, -0.15) is 4.39 Å². The van der Waals surface area contributed by atoms with Crippen molar-refractivity contribution in [2.24, 2.45) is 0 Å². The van der Waals surface area contributed by atoms with E-state index in [1.165, 1.54) is 0 Å². The highest BCUT2D eigenvalue weighted by Gasteiger charge is 2.26. The van der Waals surface area contributed by atoms with Crippen molar-refractivity contribution in [1.82, 2.24) is 4.98 Å². The minimum atomic E-state index is -3.16. The molecule has 0 bridgehead atoms. The summed E-state index contributed by atoms with van der Waals surface area (Å²) in [7, 11) is 0.